The highest BCUT2D eigenvalue weighted by atomic mass is 32.2. The van der Waals surface area contributed by atoms with E-state index in [2.05, 4.69) is 5.32 Å². The lowest BCUT2D eigenvalue weighted by Crippen LogP contribution is -2.53. The lowest BCUT2D eigenvalue weighted by molar-refractivity contribution is -0.146. The van der Waals surface area contributed by atoms with Crippen LogP contribution >= 0.6 is 11.8 Å². The number of thioether (sulfide) groups is 1. The Kier molecular flexibility index (Phi) is 4.48. The van der Waals surface area contributed by atoms with Crippen LogP contribution in [0.4, 0.5) is 0 Å². The molecule has 21 heavy (non-hydrogen) atoms. The molecule has 0 aromatic rings. The van der Waals surface area contributed by atoms with Crippen molar-refractivity contribution in [2.24, 2.45) is 29.6 Å². The first-order chi connectivity index (χ1) is 10.1. The van der Waals surface area contributed by atoms with E-state index in [0.29, 0.717) is 18.3 Å². The minimum absolute atomic E-state index is 0.0114. The first-order valence-electron chi connectivity index (χ1n) is 8.10. The maximum absolute atomic E-state index is 12.6. The fraction of sp³-hybridized carbons (Fsp3) is 0.875. The van der Waals surface area contributed by atoms with Gasteiger partial charge in [0.05, 0.1) is 0 Å². The SMILES string of the molecule is CSCCC(NC(=O)C1C2CC3CC(C2)CC1C3)C(=O)O. The summed E-state index contributed by atoms with van der Waals surface area (Å²) < 4.78 is 0. The van der Waals surface area contributed by atoms with E-state index >= 15 is 0 Å². The Morgan fingerprint density at radius 1 is 1.14 bits per heavy atom. The van der Waals surface area contributed by atoms with Crippen LogP contribution in [-0.2, 0) is 9.59 Å². The maximum Gasteiger partial charge on any atom is 0.326 e. The Bertz CT molecular complexity index is 398. The second-order valence-corrected chi connectivity index (χ2v) is 8.12. The lowest BCUT2D eigenvalue weighted by atomic mass is 9.51. The van der Waals surface area contributed by atoms with Gasteiger partial charge in [-0.1, -0.05) is 0 Å². The van der Waals surface area contributed by atoms with Crippen molar-refractivity contribution in [3.8, 4) is 0 Å². The van der Waals surface area contributed by atoms with Crippen LogP contribution in [0.15, 0.2) is 0 Å². The Balaban J connectivity index is 1.63. The predicted molar refractivity (Wildman–Crippen MR) is 83.1 cm³/mol. The summed E-state index contributed by atoms with van der Waals surface area (Å²) in [6.07, 6.45) is 8.59. The highest BCUT2D eigenvalue weighted by Crippen LogP contribution is 2.56. The number of hydrogen-bond acceptors (Lipinski definition) is 3. The molecule has 4 aliphatic carbocycles. The predicted octanol–water partition coefficient (Wildman–Crippen LogP) is 2.38. The van der Waals surface area contributed by atoms with Gasteiger partial charge in [0.1, 0.15) is 6.04 Å². The molecule has 0 aromatic carbocycles. The Morgan fingerprint density at radius 3 is 2.19 bits per heavy atom. The molecule has 4 nitrogen and oxygen atoms in total. The van der Waals surface area contributed by atoms with Gasteiger partial charge in [-0.15, -0.1) is 0 Å². The van der Waals surface area contributed by atoms with Crippen LogP contribution in [0, 0.1) is 29.6 Å². The Hall–Kier alpha value is -0.710. The molecule has 4 rings (SSSR count). The van der Waals surface area contributed by atoms with Crippen LogP contribution in [-0.4, -0.2) is 35.0 Å². The summed E-state index contributed by atoms with van der Waals surface area (Å²) in [5.74, 6) is 2.64. The normalized spacial score (nSPS) is 38.2. The minimum Gasteiger partial charge on any atom is -0.480 e. The van der Waals surface area contributed by atoms with Gasteiger partial charge < -0.3 is 10.4 Å². The molecule has 5 heteroatoms. The van der Waals surface area contributed by atoms with E-state index in [-0.39, 0.29) is 11.8 Å². The molecule has 118 valence electrons. The molecule has 0 radical (unpaired) electrons. The standard InChI is InChI=1S/C16H25NO3S/c1-21-3-2-13(16(19)20)17-15(18)14-11-5-9-4-10(7-11)8-12(14)6-9/h9-14H,2-8H2,1H3,(H,17,18)(H,19,20). The van der Waals surface area contributed by atoms with Gasteiger partial charge in [-0.2, -0.15) is 11.8 Å². The van der Waals surface area contributed by atoms with Crippen molar-refractivity contribution in [2.75, 3.05) is 12.0 Å². The molecule has 0 aliphatic heterocycles. The summed E-state index contributed by atoms with van der Waals surface area (Å²) >= 11 is 1.62. The van der Waals surface area contributed by atoms with Gasteiger partial charge in [0.15, 0.2) is 0 Å². The molecule has 0 spiro atoms. The van der Waals surface area contributed by atoms with Crippen LogP contribution in [0.1, 0.15) is 38.5 Å². The fourth-order valence-corrected chi connectivity index (χ4v) is 5.59. The van der Waals surface area contributed by atoms with Crippen molar-refractivity contribution >= 4 is 23.6 Å². The average Bonchev–Trinajstić information content (AvgIpc) is 2.41. The third-order valence-corrected chi connectivity index (χ3v) is 6.40. The van der Waals surface area contributed by atoms with Gasteiger partial charge in [-0.3, -0.25) is 4.79 Å². The zero-order chi connectivity index (χ0) is 15.0. The number of carboxylic acids is 1. The van der Waals surface area contributed by atoms with Gasteiger partial charge in [0, 0.05) is 5.92 Å². The van der Waals surface area contributed by atoms with E-state index in [4.69, 9.17) is 0 Å². The van der Waals surface area contributed by atoms with Crippen molar-refractivity contribution in [1.82, 2.24) is 5.32 Å². The topological polar surface area (TPSA) is 66.4 Å². The number of carbonyl (C=O) groups is 2. The number of hydrogen-bond donors (Lipinski definition) is 2. The molecule has 1 amide bonds. The summed E-state index contributed by atoms with van der Waals surface area (Å²) in [5.41, 5.74) is 0. The lowest BCUT2D eigenvalue weighted by Gasteiger charge is -2.53. The van der Waals surface area contributed by atoms with Crippen LogP contribution in [0.25, 0.3) is 0 Å². The molecule has 0 heterocycles. The van der Waals surface area contributed by atoms with Crippen LogP contribution in [0.2, 0.25) is 0 Å². The van der Waals surface area contributed by atoms with Crippen molar-refractivity contribution in [3.05, 3.63) is 0 Å². The van der Waals surface area contributed by atoms with Crippen LogP contribution < -0.4 is 5.32 Å². The first kappa shape index (κ1) is 15.2. The fourth-order valence-electron chi connectivity index (χ4n) is 5.11. The quantitative estimate of drug-likeness (QED) is 0.790. The van der Waals surface area contributed by atoms with Gasteiger partial charge in [-0.25, -0.2) is 4.79 Å². The van der Waals surface area contributed by atoms with E-state index in [1.54, 1.807) is 11.8 Å². The molecule has 4 fully saturated rings. The van der Waals surface area contributed by atoms with Crippen molar-refractivity contribution in [3.63, 3.8) is 0 Å². The molecule has 4 aliphatic rings. The summed E-state index contributed by atoms with van der Waals surface area (Å²) in [4.78, 5) is 23.9. The molecule has 0 saturated heterocycles. The number of carboxylic acid groups (broad SMARTS) is 1. The van der Waals surface area contributed by atoms with E-state index in [1.165, 1.54) is 32.1 Å². The van der Waals surface area contributed by atoms with E-state index < -0.39 is 12.0 Å². The minimum atomic E-state index is -0.902. The number of aliphatic carboxylic acids is 1. The highest BCUT2D eigenvalue weighted by Gasteiger charge is 2.51. The molecule has 1 atom stereocenters. The molecule has 1 unspecified atom stereocenters. The molecule has 4 saturated carbocycles. The zero-order valence-electron chi connectivity index (χ0n) is 12.6. The second-order valence-electron chi connectivity index (χ2n) is 7.14. The van der Waals surface area contributed by atoms with Crippen LogP contribution in [0.5, 0.6) is 0 Å². The zero-order valence-corrected chi connectivity index (χ0v) is 13.4. The number of amides is 1. The van der Waals surface area contributed by atoms with Crippen molar-refractivity contribution in [2.45, 2.75) is 44.6 Å². The van der Waals surface area contributed by atoms with Crippen molar-refractivity contribution in [1.29, 1.82) is 0 Å². The molecule has 4 bridgehead atoms. The summed E-state index contributed by atoms with van der Waals surface area (Å²) in [5, 5.41) is 12.1. The largest absolute Gasteiger partial charge is 0.480 e. The average molecular weight is 311 g/mol. The Labute approximate surface area is 130 Å². The number of rotatable bonds is 6. The van der Waals surface area contributed by atoms with Crippen LogP contribution in [0.3, 0.4) is 0 Å². The van der Waals surface area contributed by atoms with E-state index in [1.807, 2.05) is 6.26 Å². The molecule has 0 aromatic heterocycles. The van der Waals surface area contributed by atoms with Gasteiger partial charge in [-0.05, 0) is 74.2 Å². The van der Waals surface area contributed by atoms with E-state index in [9.17, 15) is 14.7 Å². The summed E-state index contributed by atoms with van der Waals surface area (Å²) in [6, 6.07) is -0.720. The third kappa shape index (κ3) is 3.08. The number of carbonyl (C=O) groups excluding carboxylic acids is 1. The van der Waals surface area contributed by atoms with Gasteiger partial charge in [0.2, 0.25) is 5.91 Å². The smallest absolute Gasteiger partial charge is 0.326 e. The maximum atomic E-state index is 12.6. The molecular formula is C16H25NO3S. The van der Waals surface area contributed by atoms with Crippen molar-refractivity contribution < 1.29 is 14.7 Å². The first-order valence-corrected chi connectivity index (χ1v) is 9.50. The summed E-state index contributed by atoms with van der Waals surface area (Å²) in [6.45, 7) is 0. The van der Waals surface area contributed by atoms with E-state index in [0.717, 1.165) is 17.6 Å². The Morgan fingerprint density at radius 2 is 1.71 bits per heavy atom. The van der Waals surface area contributed by atoms with Gasteiger partial charge in [0.25, 0.3) is 0 Å². The highest BCUT2D eigenvalue weighted by molar-refractivity contribution is 7.98. The number of nitrogens with one attached hydrogen (secondary N) is 1. The third-order valence-electron chi connectivity index (χ3n) is 5.75. The van der Waals surface area contributed by atoms with Gasteiger partial charge >= 0.3 is 5.97 Å². The second kappa shape index (κ2) is 6.19. The monoisotopic (exact) mass is 311 g/mol. The molecule has 2 N–H and O–H groups in total. The summed E-state index contributed by atoms with van der Waals surface area (Å²) in [7, 11) is 0. The molecular weight excluding hydrogens is 286 g/mol.